The lowest BCUT2D eigenvalue weighted by Gasteiger charge is -2.26. The van der Waals surface area contributed by atoms with Crippen LogP contribution >= 0.6 is 0 Å². The van der Waals surface area contributed by atoms with E-state index in [2.05, 4.69) is 29.4 Å². The zero-order valence-corrected chi connectivity index (χ0v) is 15.0. The number of nitrogens with one attached hydrogen (secondary N) is 1. The van der Waals surface area contributed by atoms with Gasteiger partial charge in [-0.05, 0) is 38.3 Å². The second kappa shape index (κ2) is 6.46. The molecule has 3 heterocycles. The smallest absolute Gasteiger partial charge is 0.307 e. The van der Waals surface area contributed by atoms with Gasteiger partial charge in [-0.15, -0.1) is 10.2 Å². The Hall–Kier alpha value is -2.44. The monoisotopic (exact) mass is 344 g/mol. The van der Waals surface area contributed by atoms with E-state index >= 15 is 0 Å². The highest BCUT2D eigenvalue weighted by Gasteiger charge is 2.46. The molecule has 1 aliphatic heterocycles. The van der Waals surface area contributed by atoms with Crippen LogP contribution in [0.15, 0.2) is 24.4 Å². The number of fused-ring (bicyclic) bond motifs is 1. The first kappa shape index (κ1) is 17.4. The average molecular weight is 344 g/mol. The molecule has 0 spiro atoms. The maximum absolute atomic E-state index is 12.8. The van der Waals surface area contributed by atoms with Crippen molar-refractivity contribution in [2.45, 2.75) is 52.2 Å². The van der Waals surface area contributed by atoms with E-state index in [0.717, 1.165) is 12.1 Å². The Morgan fingerprint density at radius 3 is 2.80 bits per heavy atom. The highest BCUT2D eigenvalue weighted by Crippen LogP contribution is 2.33. The van der Waals surface area contributed by atoms with Crippen molar-refractivity contribution in [1.29, 1.82) is 0 Å². The number of nitrogens with zero attached hydrogens (tertiary/aromatic N) is 3. The van der Waals surface area contributed by atoms with Gasteiger partial charge in [0.25, 0.3) is 0 Å². The van der Waals surface area contributed by atoms with Crippen LogP contribution in [0, 0.1) is 11.8 Å². The number of hydrogen-bond acceptors (Lipinski definition) is 5. The number of carbonyl (C=O) groups is 2. The first-order chi connectivity index (χ1) is 11.8. The van der Waals surface area contributed by atoms with E-state index in [-0.39, 0.29) is 24.3 Å². The average Bonchev–Trinajstić information content (AvgIpc) is 3.06. The van der Waals surface area contributed by atoms with Gasteiger partial charge in [-0.1, -0.05) is 19.9 Å². The van der Waals surface area contributed by atoms with Crippen molar-refractivity contribution in [3.63, 3.8) is 0 Å². The van der Waals surface area contributed by atoms with E-state index in [0.29, 0.717) is 11.7 Å². The molecular formula is C18H24N4O3. The van der Waals surface area contributed by atoms with E-state index in [1.165, 1.54) is 0 Å². The molecule has 7 heteroatoms. The number of esters is 1. The number of amides is 1. The third-order valence-corrected chi connectivity index (χ3v) is 4.58. The summed E-state index contributed by atoms with van der Waals surface area (Å²) in [5, 5.41) is 11.5. The van der Waals surface area contributed by atoms with Crippen molar-refractivity contribution in [3.05, 3.63) is 30.2 Å². The first-order valence-electron chi connectivity index (χ1n) is 8.60. The van der Waals surface area contributed by atoms with E-state index < -0.39 is 11.5 Å². The van der Waals surface area contributed by atoms with Crippen LogP contribution < -0.4 is 5.32 Å². The van der Waals surface area contributed by atoms with Crippen LogP contribution in [0.4, 0.5) is 0 Å². The number of ether oxygens (including phenoxy) is 1. The lowest BCUT2D eigenvalue weighted by molar-refractivity contribution is -0.147. The molecule has 0 radical (unpaired) electrons. The molecule has 0 saturated carbocycles. The quantitative estimate of drug-likeness (QED) is 0.841. The minimum Gasteiger partial charge on any atom is -0.459 e. The minimum atomic E-state index is -0.795. The van der Waals surface area contributed by atoms with E-state index in [1.54, 1.807) is 13.8 Å². The molecule has 1 N–H and O–H groups in total. The standard InChI is InChI=1S/C18H24N4O3/c1-11(2)9-13(16-21-20-14-7-5-6-8-22(14)16)19-17(24)12-10-15(23)25-18(12,3)4/h5-8,11-13H,9-10H2,1-4H3,(H,19,24)/t12-,13-/m1/s1. The molecule has 134 valence electrons. The molecule has 0 aromatic carbocycles. The van der Waals surface area contributed by atoms with Crippen LogP contribution in [0.2, 0.25) is 0 Å². The molecule has 3 rings (SSSR count). The maximum atomic E-state index is 12.8. The topological polar surface area (TPSA) is 85.6 Å². The third kappa shape index (κ3) is 3.50. The lowest BCUT2D eigenvalue weighted by atomic mass is 9.89. The van der Waals surface area contributed by atoms with Crippen LogP contribution in [-0.4, -0.2) is 32.1 Å². The highest BCUT2D eigenvalue weighted by molar-refractivity contribution is 5.87. The van der Waals surface area contributed by atoms with E-state index in [9.17, 15) is 9.59 Å². The van der Waals surface area contributed by atoms with Crippen LogP contribution in [0.5, 0.6) is 0 Å². The maximum Gasteiger partial charge on any atom is 0.307 e. The largest absolute Gasteiger partial charge is 0.459 e. The molecule has 1 fully saturated rings. The van der Waals surface area contributed by atoms with Gasteiger partial charge in [-0.25, -0.2) is 0 Å². The fraction of sp³-hybridized carbons (Fsp3) is 0.556. The van der Waals surface area contributed by atoms with Gasteiger partial charge in [0.05, 0.1) is 18.4 Å². The molecule has 1 amide bonds. The molecule has 25 heavy (non-hydrogen) atoms. The number of hydrogen-bond donors (Lipinski definition) is 1. The summed E-state index contributed by atoms with van der Waals surface area (Å²) in [6.45, 7) is 7.72. The number of rotatable bonds is 5. The summed E-state index contributed by atoms with van der Waals surface area (Å²) in [6, 6.07) is 5.39. The number of cyclic esters (lactones) is 1. The Morgan fingerprint density at radius 2 is 2.16 bits per heavy atom. The molecule has 1 saturated heterocycles. The summed E-state index contributed by atoms with van der Waals surface area (Å²) in [5.74, 6) is 0.0260. The number of carbonyl (C=O) groups excluding carboxylic acids is 2. The normalized spacial score (nSPS) is 20.7. The summed E-state index contributed by atoms with van der Waals surface area (Å²) in [4.78, 5) is 24.4. The van der Waals surface area contributed by atoms with Gasteiger partial charge in [0.1, 0.15) is 5.60 Å². The number of aromatic nitrogens is 3. The molecule has 0 bridgehead atoms. The van der Waals surface area contributed by atoms with Crippen molar-refractivity contribution in [2.24, 2.45) is 11.8 Å². The zero-order valence-electron chi connectivity index (χ0n) is 15.0. The Bertz CT molecular complexity index is 796. The predicted molar refractivity (Wildman–Crippen MR) is 91.6 cm³/mol. The fourth-order valence-corrected chi connectivity index (χ4v) is 3.30. The fourth-order valence-electron chi connectivity index (χ4n) is 3.30. The van der Waals surface area contributed by atoms with E-state index in [4.69, 9.17) is 4.74 Å². The summed E-state index contributed by atoms with van der Waals surface area (Å²) in [5.41, 5.74) is -0.0589. The lowest BCUT2D eigenvalue weighted by Crippen LogP contribution is -2.42. The zero-order chi connectivity index (χ0) is 18.2. The van der Waals surface area contributed by atoms with Gasteiger partial charge in [0.2, 0.25) is 5.91 Å². The van der Waals surface area contributed by atoms with Crippen LogP contribution in [0.3, 0.4) is 0 Å². The van der Waals surface area contributed by atoms with Gasteiger partial charge in [0.15, 0.2) is 11.5 Å². The van der Waals surface area contributed by atoms with Gasteiger partial charge < -0.3 is 10.1 Å². The van der Waals surface area contributed by atoms with Crippen LogP contribution in [-0.2, 0) is 14.3 Å². The molecule has 0 aliphatic carbocycles. The summed E-state index contributed by atoms with van der Waals surface area (Å²) < 4.78 is 7.16. The predicted octanol–water partition coefficient (Wildman–Crippen LogP) is 2.27. The SMILES string of the molecule is CC(C)C[C@@H](NC(=O)[C@H]1CC(=O)OC1(C)C)c1nnc2ccccn12. The Kier molecular flexibility index (Phi) is 4.49. The molecule has 2 aromatic heterocycles. The van der Waals surface area contributed by atoms with Crippen molar-refractivity contribution < 1.29 is 14.3 Å². The number of pyridine rings is 1. The molecule has 2 aromatic rings. The van der Waals surface area contributed by atoms with Gasteiger partial charge in [0, 0.05) is 6.20 Å². The molecule has 0 unspecified atom stereocenters. The van der Waals surface area contributed by atoms with Crippen LogP contribution in [0.1, 0.15) is 52.4 Å². The second-order valence-corrected chi connectivity index (χ2v) is 7.51. The van der Waals surface area contributed by atoms with Gasteiger partial charge >= 0.3 is 5.97 Å². The molecular weight excluding hydrogens is 320 g/mol. The van der Waals surface area contributed by atoms with Crippen molar-refractivity contribution in [3.8, 4) is 0 Å². The van der Waals surface area contributed by atoms with E-state index in [1.807, 2.05) is 28.8 Å². The van der Waals surface area contributed by atoms with Crippen molar-refractivity contribution in [2.75, 3.05) is 0 Å². The molecule has 2 atom stereocenters. The molecule has 7 nitrogen and oxygen atoms in total. The van der Waals surface area contributed by atoms with Gasteiger partial charge in [-0.3, -0.25) is 14.0 Å². The first-order valence-corrected chi connectivity index (χ1v) is 8.60. The summed E-state index contributed by atoms with van der Waals surface area (Å²) >= 11 is 0. The Morgan fingerprint density at radius 1 is 1.40 bits per heavy atom. The second-order valence-electron chi connectivity index (χ2n) is 7.51. The highest BCUT2D eigenvalue weighted by atomic mass is 16.6. The van der Waals surface area contributed by atoms with Crippen molar-refractivity contribution in [1.82, 2.24) is 19.9 Å². The minimum absolute atomic E-state index is 0.105. The van der Waals surface area contributed by atoms with Gasteiger partial charge in [-0.2, -0.15) is 0 Å². The summed E-state index contributed by atoms with van der Waals surface area (Å²) in [7, 11) is 0. The van der Waals surface area contributed by atoms with Crippen molar-refractivity contribution >= 4 is 17.5 Å². The van der Waals surface area contributed by atoms with Crippen LogP contribution in [0.25, 0.3) is 5.65 Å². The summed E-state index contributed by atoms with van der Waals surface area (Å²) in [6.07, 6.45) is 2.72. The Labute approximate surface area is 146 Å². The third-order valence-electron chi connectivity index (χ3n) is 4.58. The molecule has 1 aliphatic rings. The Balaban J connectivity index is 1.87.